The van der Waals surface area contributed by atoms with Crippen molar-refractivity contribution in [1.29, 1.82) is 0 Å². The van der Waals surface area contributed by atoms with Gasteiger partial charge in [0.25, 0.3) is 0 Å². The van der Waals surface area contributed by atoms with Gasteiger partial charge in [-0.1, -0.05) is 49.3 Å². The van der Waals surface area contributed by atoms with Gasteiger partial charge in [0.05, 0.1) is 10.9 Å². The Morgan fingerprint density at radius 1 is 1.26 bits per heavy atom. The van der Waals surface area contributed by atoms with Gasteiger partial charge in [-0.25, -0.2) is 4.79 Å². The van der Waals surface area contributed by atoms with Crippen molar-refractivity contribution in [2.75, 3.05) is 0 Å². The van der Waals surface area contributed by atoms with Crippen LogP contribution in [-0.4, -0.2) is 5.11 Å². The van der Waals surface area contributed by atoms with Crippen LogP contribution < -0.4 is 5.63 Å². The summed E-state index contributed by atoms with van der Waals surface area (Å²) in [6.07, 6.45) is 5.74. The van der Waals surface area contributed by atoms with E-state index in [4.69, 9.17) is 4.42 Å². The van der Waals surface area contributed by atoms with E-state index in [1.807, 2.05) is 6.07 Å². The highest BCUT2D eigenvalue weighted by Gasteiger charge is 2.23. The lowest BCUT2D eigenvalue weighted by Gasteiger charge is -2.25. The van der Waals surface area contributed by atoms with Gasteiger partial charge in [-0.3, -0.25) is 0 Å². The van der Waals surface area contributed by atoms with E-state index >= 15 is 0 Å². The van der Waals surface area contributed by atoms with E-state index in [9.17, 15) is 9.90 Å². The molecule has 1 aromatic heterocycles. The molecule has 3 nitrogen and oxygen atoms in total. The Balaban J connectivity index is 1.98. The van der Waals surface area contributed by atoms with Crippen molar-refractivity contribution in [1.82, 2.24) is 0 Å². The Hall–Kier alpha value is -2.29. The smallest absolute Gasteiger partial charge is 0.343 e. The fourth-order valence-electron chi connectivity index (χ4n) is 3.15. The Labute approximate surface area is 136 Å². The minimum atomic E-state index is -0.436. The van der Waals surface area contributed by atoms with Gasteiger partial charge in [-0.15, -0.1) is 0 Å². The molecule has 1 atom stereocenters. The largest absolute Gasteiger partial charge is 0.507 e. The van der Waals surface area contributed by atoms with Gasteiger partial charge < -0.3 is 9.52 Å². The first-order valence-electron chi connectivity index (χ1n) is 8.08. The first-order chi connectivity index (χ1) is 11.0. The van der Waals surface area contributed by atoms with Gasteiger partial charge in [0.15, 0.2) is 0 Å². The summed E-state index contributed by atoms with van der Waals surface area (Å²) >= 11 is 0. The lowest BCUT2D eigenvalue weighted by Crippen LogP contribution is -2.17. The third-order valence-electron chi connectivity index (χ3n) is 4.76. The molecule has 3 heteroatoms. The van der Waals surface area contributed by atoms with Crippen LogP contribution in [0.2, 0.25) is 0 Å². The lowest BCUT2D eigenvalue weighted by molar-refractivity contribution is 0.444. The quantitative estimate of drug-likeness (QED) is 0.844. The zero-order valence-corrected chi connectivity index (χ0v) is 13.8. The molecule has 0 amide bonds. The number of fused-ring (bicyclic) bond motifs is 1. The maximum Gasteiger partial charge on any atom is 0.343 e. The molecule has 1 aliphatic rings. The molecule has 0 radical (unpaired) electrons. The number of rotatable bonds is 3. The van der Waals surface area contributed by atoms with Crippen LogP contribution in [0, 0.1) is 11.8 Å². The third kappa shape index (κ3) is 2.96. The zero-order valence-electron chi connectivity index (χ0n) is 13.8. The average molecular weight is 310 g/mol. The number of benzene rings is 1. The predicted octanol–water partition coefficient (Wildman–Crippen LogP) is 4.59. The van der Waals surface area contributed by atoms with Crippen LogP contribution in [0.4, 0.5) is 0 Å². The van der Waals surface area contributed by atoms with Crippen LogP contribution in [0.3, 0.4) is 0 Å². The van der Waals surface area contributed by atoms with E-state index in [-0.39, 0.29) is 11.7 Å². The van der Waals surface area contributed by atoms with Crippen molar-refractivity contribution >= 4 is 11.0 Å². The molecule has 23 heavy (non-hydrogen) atoms. The standard InChI is InChI=1S/C20H22O3/c1-12(2)14-9-8-13(3)15(10-14)11-17-19(21)16-6-4-5-7-18(16)23-20(17)22/h4-9,12,15,21H,10-11H2,1-3H3. The second-order valence-electron chi connectivity index (χ2n) is 6.62. The van der Waals surface area contributed by atoms with Gasteiger partial charge in [0, 0.05) is 0 Å². The molecule has 1 heterocycles. The first kappa shape index (κ1) is 15.6. The minimum Gasteiger partial charge on any atom is -0.507 e. The van der Waals surface area contributed by atoms with Crippen LogP contribution in [0.25, 0.3) is 11.0 Å². The molecule has 0 spiro atoms. The predicted molar refractivity (Wildman–Crippen MR) is 92.6 cm³/mol. The summed E-state index contributed by atoms with van der Waals surface area (Å²) in [7, 11) is 0. The van der Waals surface area contributed by atoms with E-state index in [0.717, 1.165) is 6.42 Å². The van der Waals surface area contributed by atoms with Gasteiger partial charge in [-0.2, -0.15) is 0 Å². The Morgan fingerprint density at radius 3 is 2.74 bits per heavy atom. The van der Waals surface area contributed by atoms with Gasteiger partial charge in [0.1, 0.15) is 11.3 Å². The van der Waals surface area contributed by atoms with Crippen molar-refractivity contribution < 1.29 is 9.52 Å². The maximum absolute atomic E-state index is 12.3. The number of hydrogen-bond acceptors (Lipinski definition) is 3. The van der Waals surface area contributed by atoms with Crippen LogP contribution in [0.1, 0.15) is 32.8 Å². The molecule has 3 rings (SSSR count). The Morgan fingerprint density at radius 2 is 2.00 bits per heavy atom. The molecule has 1 unspecified atom stereocenters. The monoisotopic (exact) mass is 310 g/mol. The molecule has 0 fully saturated rings. The summed E-state index contributed by atoms with van der Waals surface area (Å²) in [5.41, 5.74) is 2.99. The highest BCUT2D eigenvalue weighted by molar-refractivity contribution is 5.83. The molecule has 1 aromatic carbocycles. The maximum atomic E-state index is 12.3. The minimum absolute atomic E-state index is 0.0605. The van der Waals surface area contributed by atoms with Crippen LogP contribution in [0.15, 0.2) is 56.8 Å². The second-order valence-corrected chi connectivity index (χ2v) is 6.62. The number of allylic oxidation sites excluding steroid dienone is 4. The summed E-state index contributed by atoms with van der Waals surface area (Å²) in [4.78, 5) is 12.3. The van der Waals surface area contributed by atoms with Crippen LogP contribution in [-0.2, 0) is 6.42 Å². The summed E-state index contributed by atoms with van der Waals surface area (Å²) < 4.78 is 5.38. The topological polar surface area (TPSA) is 50.4 Å². The second kappa shape index (κ2) is 6.07. The molecule has 0 saturated carbocycles. The van der Waals surface area contributed by atoms with Crippen molar-refractivity contribution in [2.24, 2.45) is 11.8 Å². The van der Waals surface area contributed by atoms with Gasteiger partial charge >= 0.3 is 5.63 Å². The van der Waals surface area contributed by atoms with Crippen molar-refractivity contribution in [2.45, 2.75) is 33.6 Å². The zero-order chi connectivity index (χ0) is 16.6. The summed E-state index contributed by atoms with van der Waals surface area (Å²) in [6.45, 7) is 6.44. The van der Waals surface area contributed by atoms with Gasteiger partial charge in [0.2, 0.25) is 0 Å². The first-order valence-corrected chi connectivity index (χ1v) is 8.08. The SMILES string of the molecule is CC1=CC=C(C(C)C)CC1Cc1c(O)c2ccccc2oc1=O. The molecular formula is C20H22O3. The van der Waals surface area contributed by atoms with E-state index in [1.54, 1.807) is 18.2 Å². The number of hydrogen-bond donors (Lipinski definition) is 1. The van der Waals surface area contributed by atoms with E-state index in [2.05, 4.69) is 32.9 Å². The van der Waals surface area contributed by atoms with E-state index < -0.39 is 5.63 Å². The number of para-hydroxylation sites is 1. The molecule has 120 valence electrons. The van der Waals surface area contributed by atoms with E-state index in [0.29, 0.717) is 28.9 Å². The molecule has 0 bridgehead atoms. The summed E-state index contributed by atoms with van der Waals surface area (Å²) in [6, 6.07) is 7.10. The summed E-state index contributed by atoms with van der Waals surface area (Å²) in [5, 5.41) is 11.1. The fourth-order valence-corrected chi connectivity index (χ4v) is 3.15. The Kier molecular flexibility index (Phi) is 4.12. The molecular weight excluding hydrogens is 288 g/mol. The fraction of sp³-hybridized carbons (Fsp3) is 0.350. The normalized spacial score (nSPS) is 18.2. The highest BCUT2D eigenvalue weighted by atomic mass is 16.4. The van der Waals surface area contributed by atoms with Crippen molar-refractivity contribution in [3.63, 3.8) is 0 Å². The van der Waals surface area contributed by atoms with Crippen molar-refractivity contribution in [3.8, 4) is 5.75 Å². The third-order valence-corrected chi connectivity index (χ3v) is 4.76. The van der Waals surface area contributed by atoms with Crippen molar-refractivity contribution in [3.05, 3.63) is 63.5 Å². The number of aromatic hydroxyl groups is 1. The Bertz CT molecular complexity index is 853. The molecule has 0 aliphatic heterocycles. The molecule has 2 aromatic rings. The highest BCUT2D eigenvalue weighted by Crippen LogP contribution is 2.34. The average Bonchev–Trinajstić information content (AvgIpc) is 2.52. The van der Waals surface area contributed by atoms with E-state index in [1.165, 1.54) is 11.1 Å². The van der Waals surface area contributed by atoms with Crippen LogP contribution >= 0.6 is 0 Å². The molecule has 1 N–H and O–H groups in total. The lowest BCUT2D eigenvalue weighted by atomic mass is 9.80. The summed E-state index contributed by atoms with van der Waals surface area (Å²) in [5.74, 6) is 0.779. The molecule has 1 aliphatic carbocycles. The van der Waals surface area contributed by atoms with Crippen LogP contribution in [0.5, 0.6) is 5.75 Å². The molecule has 0 saturated heterocycles. The van der Waals surface area contributed by atoms with Gasteiger partial charge in [-0.05, 0) is 43.7 Å².